The maximum atomic E-state index is 12.5. The molecule has 2 aromatic rings. The zero-order valence-electron chi connectivity index (χ0n) is 18.5. The second-order valence-electron chi connectivity index (χ2n) is 8.89. The fraction of sp³-hybridized carbons (Fsp3) is 0.625. The summed E-state index contributed by atoms with van der Waals surface area (Å²) in [5.41, 5.74) is 2.56. The predicted molar refractivity (Wildman–Crippen MR) is 121 cm³/mol. The number of aryl methyl sites for hydroxylation is 1. The van der Waals surface area contributed by atoms with Gasteiger partial charge >= 0.3 is 0 Å². The number of hydrogen-bond donors (Lipinski definition) is 1. The molecule has 30 heavy (non-hydrogen) atoms. The summed E-state index contributed by atoms with van der Waals surface area (Å²) in [5.74, 6) is 1.32. The van der Waals surface area contributed by atoms with Crippen LogP contribution in [0.5, 0.6) is 5.75 Å². The first-order chi connectivity index (χ1) is 14.6. The van der Waals surface area contributed by atoms with Crippen molar-refractivity contribution in [2.45, 2.75) is 38.6 Å². The Hall–Kier alpha value is -2.05. The molecule has 2 fully saturated rings. The number of benzene rings is 1. The molecule has 0 aliphatic carbocycles. The smallest absolute Gasteiger partial charge is 0.223 e. The number of carbonyl (C=O) groups is 1. The van der Waals surface area contributed by atoms with Gasteiger partial charge in [-0.05, 0) is 88.6 Å². The first-order valence-corrected chi connectivity index (χ1v) is 11.5. The first kappa shape index (κ1) is 21.2. The third-order valence-corrected chi connectivity index (χ3v) is 6.78. The van der Waals surface area contributed by atoms with Crippen molar-refractivity contribution in [1.29, 1.82) is 0 Å². The van der Waals surface area contributed by atoms with Crippen LogP contribution in [0.4, 0.5) is 0 Å². The molecular formula is C24H36N4O2. The lowest BCUT2D eigenvalue weighted by molar-refractivity contribution is -0.126. The van der Waals surface area contributed by atoms with E-state index in [2.05, 4.69) is 45.1 Å². The minimum absolute atomic E-state index is 0.167. The van der Waals surface area contributed by atoms with E-state index >= 15 is 0 Å². The Labute approximate surface area is 180 Å². The van der Waals surface area contributed by atoms with Gasteiger partial charge in [0.25, 0.3) is 0 Å². The Morgan fingerprint density at radius 1 is 1.13 bits per heavy atom. The molecule has 1 amide bonds. The number of ether oxygens (including phenoxy) is 1. The molecule has 6 heteroatoms. The quantitative estimate of drug-likeness (QED) is 0.677. The van der Waals surface area contributed by atoms with Crippen LogP contribution in [0.1, 0.15) is 37.7 Å². The van der Waals surface area contributed by atoms with Crippen LogP contribution in [0.3, 0.4) is 0 Å². The lowest BCUT2D eigenvalue weighted by atomic mass is 9.95. The van der Waals surface area contributed by atoms with E-state index in [4.69, 9.17) is 4.74 Å². The molecule has 0 spiro atoms. The number of likely N-dealkylation sites (tertiary alicyclic amines) is 2. The van der Waals surface area contributed by atoms with Gasteiger partial charge in [0.2, 0.25) is 5.91 Å². The van der Waals surface area contributed by atoms with Gasteiger partial charge in [0.05, 0.1) is 7.11 Å². The second-order valence-corrected chi connectivity index (χ2v) is 8.89. The Morgan fingerprint density at radius 2 is 1.90 bits per heavy atom. The highest BCUT2D eigenvalue weighted by Gasteiger charge is 2.25. The number of piperidine rings is 1. The normalized spacial score (nSPS) is 18.9. The summed E-state index contributed by atoms with van der Waals surface area (Å²) in [4.78, 5) is 17.5. The number of rotatable bonds is 8. The summed E-state index contributed by atoms with van der Waals surface area (Å²) in [6.45, 7) is 7.28. The third-order valence-electron chi connectivity index (χ3n) is 6.78. The molecule has 4 rings (SSSR count). The predicted octanol–water partition coefficient (Wildman–Crippen LogP) is 3.00. The largest absolute Gasteiger partial charge is 0.497 e. The molecule has 0 saturated carbocycles. The molecule has 1 aromatic carbocycles. The average Bonchev–Trinajstić information content (AvgIpc) is 3.39. The maximum absolute atomic E-state index is 12.5. The van der Waals surface area contributed by atoms with E-state index in [1.807, 2.05) is 6.07 Å². The van der Waals surface area contributed by atoms with E-state index in [-0.39, 0.29) is 11.8 Å². The minimum Gasteiger partial charge on any atom is -0.497 e. The van der Waals surface area contributed by atoms with Gasteiger partial charge in [-0.15, -0.1) is 0 Å². The third kappa shape index (κ3) is 4.98. The van der Waals surface area contributed by atoms with Gasteiger partial charge in [0.1, 0.15) is 5.75 Å². The minimum atomic E-state index is 0.167. The highest BCUT2D eigenvalue weighted by atomic mass is 16.5. The molecule has 2 aliphatic rings. The van der Waals surface area contributed by atoms with E-state index in [9.17, 15) is 4.79 Å². The maximum Gasteiger partial charge on any atom is 0.223 e. The van der Waals surface area contributed by atoms with Crippen molar-refractivity contribution in [3.63, 3.8) is 0 Å². The number of hydrogen-bond acceptors (Lipinski definition) is 4. The van der Waals surface area contributed by atoms with Crippen molar-refractivity contribution in [3.05, 3.63) is 30.0 Å². The second kappa shape index (κ2) is 9.84. The molecule has 1 aromatic heterocycles. The van der Waals surface area contributed by atoms with E-state index in [1.54, 1.807) is 7.11 Å². The number of carbonyl (C=O) groups excluding carboxylic acids is 1. The van der Waals surface area contributed by atoms with Crippen LogP contribution in [0, 0.1) is 5.92 Å². The standard InChI is InChI=1S/C24H36N4O2/c1-26-17-20(22-16-21(30-2)6-7-23(22)26)18-28-14-8-19(9-15-28)24(29)25-10-5-13-27-11-3-4-12-27/h6-7,16-17,19H,3-5,8-15,18H2,1-2H3,(H,25,29). The number of amides is 1. The average molecular weight is 413 g/mol. The lowest BCUT2D eigenvalue weighted by Gasteiger charge is -2.31. The Balaban J connectivity index is 1.23. The molecule has 164 valence electrons. The van der Waals surface area contributed by atoms with E-state index in [0.29, 0.717) is 0 Å². The van der Waals surface area contributed by atoms with E-state index in [1.165, 1.54) is 42.4 Å². The highest BCUT2D eigenvalue weighted by Crippen LogP contribution is 2.28. The summed E-state index contributed by atoms with van der Waals surface area (Å²) in [5, 5.41) is 4.44. The van der Waals surface area contributed by atoms with Crippen molar-refractivity contribution < 1.29 is 9.53 Å². The SMILES string of the molecule is COc1ccc2c(c1)c(CN1CCC(C(=O)NCCCN3CCCC3)CC1)cn2C. The van der Waals surface area contributed by atoms with Gasteiger partial charge < -0.3 is 19.5 Å². The molecule has 0 bridgehead atoms. The lowest BCUT2D eigenvalue weighted by Crippen LogP contribution is -2.40. The highest BCUT2D eigenvalue weighted by molar-refractivity contribution is 5.85. The molecule has 6 nitrogen and oxygen atoms in total. The van der Waals surface area contributed by atoms with Crippen molar-refractivity contribution in [3.8, 4) is 5.75 Å². The molecule has 2 saturated heterocycles. The van der Waals surface area contributed by atoms with Crippen molar-refractivity contribution in [2.24, 2.45) is 13.0 Å². The van der Waals surface area contributed by atoms with Crippen molar-refractivity contribution >= 4 is 16.8 Å². The Kier molecular flexibility index (Phi) is 6.95. The fourth-order valence-corrected chi connectivity index (χ4v) is 4.96. The summed E-state index contributed by atoms with van der Waals surface area (Å²) < 4.78 is 7.60. The number of aromatic nitrogens is 1. The van der Waals surface area contributed by atoms with Gasteiger partial charge in [-0.3, -0.25) is 9.69 Å². The Morgan fingerprint density at radius 3 is 2.63 bits per heavy atom. The monoisotopic (exact) mass is 412 g/mol. The molecule has 2 aliphatic heterocycles. The number of fused-ring (bicyclic) bond motifs is 1. The summed E-state index contributed by atoms with van der Waals surface area (Å²) in [6, 6.07) is 6.27. The van der Waals surface area contributed by atoms with Crippen LogP contribution in [0.15, 0.2) is 24.4 Å². The fourth-order valence-electron chi connectivity index (χ4n) is 4.96. The zero-order valence-corrected chi connectivity index (χ0v) is 18.5. The van der Waals surface area contributed by atoms with Crippen LogP contribution in [0.25, 0.3) is 10.9 Å². The number of nitrogens with zero attached hydrogens (tertiary/aromatic N) is 3. The van der Waals surface area contributed by atoms with E-state index < -0.39 is 0 Å². The van der Waals surface area contributed by atoms with Gasteiger partial charge in [-0.25, -0.2) is 0 Å². The first-order valence-electron chi connectivity index (χ1n) is 11.5. The Bertz CT molecular complexity index is 848. The summed E-state index contributed by atoms with van der Waals surface area (Å²) in [6.07, 6.45) is 7.85. The molecule has 0 radical (unpaired) electrons. The van der Waals surface area contributed by atoms with Crippen LogP contribution in [-0.2, 0) is 18.4 Å². The van der Waals surface area contributed by atoms with Crippen molar-refractivity contribution in [1.82, 2.24) is 19.7 Å². The zero-order chi connectivity index (χ0) is 20.9. The number of methoxy groups -OCH3 is 1. The van der Waals surface area contributed by atoms with Crippen LogP contribution < -0.4 is 10.1 Å². The molecule has 0 unspecified atom stereocenters. The summed E-state index contributed by atoms with van der Waals surface area (Å²) in [7, 11) is 3.81. The van der Waals surface area contributed by atoms with Gasteiger partial charge in [-0.1, -0.05) is 0 Å². The summed E-state index contributed by atoms with van der Waals surface area (Å²) >= 11 is 0. The van der Waals surface area contributed by atoms with E-state index in [0.717, 1.165) is 57.7 Å². The van der Waals surface area contributed by atoms with Gasteiger partial charge in [0, 0.05) is 43.2 Å². The molecule has 0 atom stereocenters. The molecular weight excluding hydrogens is 376 g/mol. The topological polar surface area (TPSA) is 49.7 Å². The van der Waals surface area contributed by atoms with Gasteiger partial charge in [-0.2, -0.15) is 0 Å². The number of nitrogens with one attached hydrogen (secondary N) is 1. The molecule has 1 N–H and O–H groups in total. The van der Waals surface area contributed by atoms with Crippen LogP contribution >= 0.6 is 0 Å². The molecule has 3 heterocycles. The van der Waals surface area contributed by atoms with Gasteiger partial charge in [0.15, 0.2) is 0 Å². The van der Waals surface area contributed by atoms with Crippen LogP contribution in [-0.4, -0.2) is 66.7 Å². The van der Waals surface area contributed by atoms with Crippen molar-refractivity contribution in [2.75, 3.05) is 46.4 Å². The van der Waals surface area contributed by atoms with Crippen LogP contribution in [0.2, 0.25) is 0 Å².